The summed E-state index contributed by atoms with van der Waals surface area (Å²) in [6.07, 6.45) is -3.49. The van der Waals surface area contributed by atoms with E-state index in [4.69, 9.17) is 5.73 Å². The number of hydrogen-bond acceptors (Lipinski definition) is 4. The second-order valence-electron chi connectivity index (χ2n) is 5.88. The number of benzene rings is 2. The van der Waals surface area contributed by atoms with Crippen molar-refractivity contribution in [3.8, 4) is 11.3 Å². The number of nitrogens with two attached hydrogens (primary N) is 1. The zero-order chi connectivity index (χ0) is 19.4. The van der Waals surface area contributed by atoms with Gasteiger partial charge in [0.2, 0.25) is 0 Å². The van der Waals surface area contributed by atoms with Crippen molar-refractivity contribution < 1.29 is 17.6 Å². The normalized spacial score (nSPS) is 12.6. The molecule has 4 nitrogen and oxygen atoms in total. The Hall–Kier alpha value is -3.00. The number of hydrogen-bond donors (Lipinski definition) is 2. The number of aromatic nitrogens is 2. The molecule has 3 rings (SSSR count). The molecule has 140 valence electrons. The van der Waals surface area contributed by atoms with Crippen LogP contribution < -0.4 is 11.1 Å². The summed E-state index contributed by atoms with van der Waals surface area (Å²) in [6.45, 7) is 0.391. The summed E-state index contributed by atoms with van der Waals surface area (Å²) in [5.41, 5.74) is 6.26. The minimum absolute atomic E-state index is 0.221. The third kappa shape index (κ3) is 4.59. The van der Waals surface area contributed by atoms with Crippen molar-refractivity contribution in [3.63, 3.8) is 0 Å². The molecule has 27 heavy (non-hydrogen) atoms. The van der Waals surface area contributed by atoms with Gasteiger partial charge in [-0.3, -0.25) is 0 Å². The first kappa shape index (κ1) is 18.8. The molecule has 0 radical (unpaired) electrons. The number of rotatable bonds is 5. The average Bonchev–Trinajstić information content (AvgIpc) is 2.66. The molecule has 1 aromatic heterocycles. The zero-order valence-corrected chi connectivity index (χ0v) is 14.0. The fourth-order valence-corrected chi connectivity index (χ4v) is 2.55. The van der Waals surface area contributed by atoms with E-state index in [0.717, 1.165) is 11.6 Å². The van der Waals surface area contributed by atoms with Crippen molar-refractivity contribution >= 4 is 5.82 Å². The third-order valence-electron chi connectivity index (χ3n) is 3.97. The Bertz CT molecular complexity index is 913. The van der Waals surface area contributed by atoms with Gasteiger partial charge in [0.1, 0.15) is 18.0 Å². The number of nitrogens with one attached hydrogen (secondary N) is 1. The molecular formula is C19H16F4N4. The van der Waals surface area contributed by atoms with Crippen molar-refractivity contribution in [2.75, 3.05) is 11.9 Å². The number of halogens is 4. The molecule has 0 aliphatic heterocycles. The van der Waals surface area contributed by atoms with E-state index in [1.807, 2.05) is 30.3 Å². The molecule has 1 unspecified atom stereocenters. The molecule has 3 aromatic rings. The Balaban J connectivity index is 1.75. The second kappa shape index (κ2) is 7.71. The van der Waals surface area contributed by atoms with Crippen LogP contribution in [0.3, 0.4) is 0 Å². The van der Waals surface area contributed by atoms with Crippen molar-refractivity contribution in [3.05, 3.63) is 77.9 Å². The molecule has 8 heteroatoms. The molecule has 0 amide bonds. The van der Waals surface area contributed by atoms with Gasteiger partial charge in [-0.1, -0.05) is 36.4 Å². The Morgan fingerprint density at radius 1 is 1.00 bits per heavy atom. The number of alkyl halides is 3. The summed E-state index contributed by atoms with van der Waals surface area (Å²) in [6, 6.07) is 13.4. The maximum Gasteiger partial charge on any atom is 0.419 e. The molecule has 2 aromatic carbocycles. The first-order valence-corrected chi connectivity index (χ1v) is 8.08. The maximum atomic E-state index is 13.8. The monoisotopic (exact) mass is 376 g/mol. The van der Waals surface area contributed by atoms with Gasteiger partial charge in [-0.2, -0.15) is 13.2 Å². The van der Waals surface area contributed by atoms with Crippen LogP contribution in [0.1, 0.15) is 17.2 Å². The molecular weight excluding hydrogens is 360 g/mol. The van der Waals surface area contributed by atoms with Crippen LogP contribution in [-0.2, 0) is 6.18 Å². The predicted octanol–water partition coefficient (Wildman–Crippen LogP) is 4.41. The van der Waals surface area contributed by atoms with E-state index in [-0.39, 0.29) is 11.6 Å². The highest BCUT2D eigenvalue weighted by molar-refractivity contribution is 5.62. The molecule has 0 aliphatic rings. The molecule has 1 heterocycles. The molecule has 3 N–H and O–H groups in total. The summed E-state index contributed by atoms with van der Waals surface area (Å²) < 4.78 is 51.8. The Morgan fingerprint density at radius 2 is 1.74 bits per heavy atom. The molecule has 0 aliphatic carbocycles. The standard InChI is InChI=1S/C19H16F4N4/c20-15-8-13(6-7-14(15)19(21,22)23)17-9-18(27-11-26-17)25-10-16(24)12-4-2-1-3-5-12/h1-9,11,16H,10,24H2,(H,25,26,27). The maximum absolute atomic E-state index is 13.8. The lowest BCUT2D eigenvalue weighted by atomic mass is 10.1. The second-order valence-corrected chi connectivity index (χ2v) is 5.88. The molecule has 0 fully saturated rings. The van der Waals surface area contributed by atoms with Crippen molar-refractivity contribution in [2.24, 2.45) is 5.73 Å². The van der Waals surface area contributed by atoms with Gasteiger partial charge >= 0.3 is 6.18 Å². The fourth-order valence-electron chi connectivity index (χ4n) is 2.55. The van der Waals surface area contributed by atoms with E-state index in [1.54, 1.807) is 0 Å². The van der Waals surface area contributed by atoms with Gasteiger partial charge in [-0.15, -0.1) is 0 Å². The van der Waals surface area contributed by atoms with Gasteiger partial charge in [0.15, 0.2) is 0 Å². The van der Waals surface area contributed by atoms with E-state index in [2.05, 4.69) is 15.3 Å². The lowest BCUT2D eigenvalue weighted by Crippen LogP contribution is -2.20. The SMILES string of the molecule is NC(CNc1cc(-c2ccc(C(F)(F)F)c(F)c2)ncn1)c1ccccc1. The van der Waals surface area contributed by atoms with Crippen molar-refractivity contribution in [2.45, 2.75) is 12.2 Å². The van der Waals surface area contributed by atoms with Crippen LogP contribution in [0, 0.1) is 5.82 Å². The Kier molecular flexibility index (Phi) is 5.36. The minimum atomic E-state index is -4.74. The van der Waals surface area contributed by atoms with Crippen molar-refractivity contribution in [1.29, 1.82) is 0 Å². The average molecular weight is 376 g/mol. The topological polar surface area (TPSA) is 63.8 Å². The van der Waals surface area contributed by atoms with Crippen LogP contribution >= 0.6 is 0 Å². The van der Waals surface area contributed by atoms with E-state index in [0.29, 0.717) is 24.1 Å². The summed E-state index contributed by atoms with van der Waals surface area (Å²) >= 11 is 0. The van der Waals surface area contributed by atoms with Crippen LogP contribution in [0.5, 0.6) is 0 Å². The van der Waals surface area contributed by atoms with Crippen LogP contribution in [0.25, 0.3) is 11.3 Å². The van der Waals surface area contributed by atoms with Gasteiger partial charge in [-0.05, 0) is 17.7 Å². The summed E-state index contributed by atoms with van der Waals surface area (Å²) in [5.74, 6) is -0.911. The third-order valence-corrected chi connectivity index (χ3v) is 3.97. The van der Waals surface area contributed by atoms with Crippen LogP contribution in [-0.4, -0.2) is 16.5 Å². The highest BCUT2D eigenvalue weighted by Gasteiger charge is 2.34. The first-order valence-electron chi connectivity index (χ1n) is 8.08. The van der Waals surface area contributed by atoms with E-state index in [1.165, 1.54) is 18.5 Å². The van der Waals surface area contributed by atoms with Gasteiger partial charge in [0, 0.05) is 24.2 Å². The fraction of sp³-hybridized carbons (Fsp3) is 0.158. The summed E-state index contributed by atoms with van der Waals surface area (Å²) in [4.78, 5) is 8.06. The molecule has 0 spiro atoms. The number of anilines is 1. The smallest absolute Gasteiger partial charge is 0.368 e. The molecule has 0 saturated heterocycles. The van der Waals surface area contributed by atoms with Crippen LogP contribution in [0.2, 0.25) is 0 Å². The highest BCUT2D eigenvalue weighted by atomic mass is 19.4. The Labute approximate surface area is 153 Å². The van der Waals surface area contributed by atoms with Gasteiger partial charge < -0.3 is 11.1 Å². The van der Waals surface area contributed by atoms with Gasteiger partial charge in [0.05, 0.1) is 11.3 Å². The lowest BCUT2D eigenvalue weighted by molar-refractivity contribution is -0.139. The molecule has 0 saturated carbocycles. The quantitative estimate of drug-likeness (QED) is 0.648. The molecule has 1 atom stereocenters. The summed E-state index contributed by atoms with van der Waals surface area (Å²) in [5, 5.41) is 3.05. The first-order chi connectivity index (χ1) is 12.8. The molecule has 0 bridgehead atoms. The highest BCUT2D eigenvalue weighted by Crippen LogP contribution is 2.33. The minimum Gasteiger partial charge on any atom is -0.368 e. The summed E-state index contributed by atoms with van der Waals surface area (Å²) in [7, 11) is 0. The largest absolute Gasteiger partial charge is 0.419 e. The van der Waals surface area contributed by atoms with Gasteiger partial charge in [-0.25, -0.2) is 14.4 Å². The van der Waals surface area contributed by atoms with Gasteiger partial charge in [0.25, 0.3) is 0 Å². The predicted molar refractivity (Wildman–Crippen MR) is 94.3 cm³/mol. The van der Waals surface area contributed by atoms with Crippen LogP contribution in [0.15, 0.2) is 60.9 Å². The lowest BCUT2D eigenvalue weighted by Gasteiger charge is -2.14. The van der Waals surface area contributed by atoms with Crippen LogP contribution in [0.4, 0.5) is 23.4 Å². The number of nitrogens with zero attached hydrogens (tertiary/aromatic N) is 2. The zero-order valence-electron chi connectivity index (χ0n) is 14.0. The van der Waals surface area contributed by atoms with E-state index < -0.39 is 17.6 Å². The Morgan fingerprint density at radius 3 is 2.41 bits per heavy atom. The van der Waals surface area contributed by atoms with E-state index in [9.17, 15) is 17.6 Å². The van der Waals surface area contributed by atoms with Crippen molar-refractivity contribution in [1.82, 2.24) is 9.97 Å². The van der Waals surface area contributed by atoms with E-state index >= 15 is 0 Å².